The van der Waals surface area contributed by atoms with E-state index < -0.39 is 0 Å². The van der Waals surface area contributed by atoms with E-state index in [-0.39, 0.29) is 10.8 Å². The zero-order valence-electron chi connectivity index (χ0n) is 12.4. The average Bonchev–Trinajstić information content (AvgIpc) is 2.85. The Labute approximate surface area is 110 Å². The average molecular weight is 250 g/mol. The summed E-state index contributed by atoms with van der Waals surface area (Å²) in [5, 5.41) is 8.12. The Morgan fingerprint density at radius 1 is 1.39 bits per heavy atom. The fraction of sp³-hybridized carbons (Fsp3) is 0.857. The number of hydrogen-bond acceptors (Lipinski definition) is 3. The Kier molecular flexibility index (Phi) is 3.49. The molecule has 0 amide bonds. The predicted octanol–water partition coefficient (Wildman–Crippen LogP) is 2.14. The molecule has 1 N–H and O–H groups in total. The van der Waals surface area contributed by atoms with Crippen LogP contribution in [0.2, 0.25) is 0 Å². The van der Waals surface area contributed by atoms with Crippen molar-refractivity contribution in [2.75, 3.05) is 13.1 Å². The van der Waals surface area contributed by atoms with Crippen LogP contribution in [-0.4, -0.2) is 27.9 Å². The molecular weight excluding hydrogens is 224 g/mol. The van der Waals surface area contributed by atoms with E-state index in [1.54, 1.807) is 0 Å². The van der Waals surface area contributed by atoms with E-state index in [2.05, 4.69) is 38.1 Å². The van der Waals surface area contributed by atoms with Crippen LogP contribution in [0.1, 0.15) is 58.6 Å². The van der Waals surface area contributed by atoms with Crippen molar-refractivity contribution in [3.63, 3.8) is 0 Å². The maximum Gasteiger partial charge on any atom is 0.156 e. The Balaban J connectivity index is 2.40. The Hall–Kier alpha value is -0.900. The van der Waals surface area contributed by atoms with Crippen LogP contribution in [0.5, 0.6) is 0 Å². The van der Waals surface area contributed by atoms with Crippen LogP contribution in [0.3, 0.4) is 0 Å². The first-order valence-electron chi connectivity index (χ1n) is 7.02. The van der Waals surface area contributed by atoms with Gasteiger partial charge in [0, 0.05) is 24.4 Å². The van der Waals surface area contributed by atoms with E-state index >= 15 is 0 Å². The van der Waals surface area contributed by atoms with Gasteiger partial charge < -0.3 is 5.32 Å². The first-order chi connectivity index (χ1) is 8.39. The lowest BCUT2D eigenvalue weighted by molar-refractivity contribution is 0.385. The smallest absolute Gasteiger partial charge is 0.156 e. The fourth-order valence-electron chi connectivity index (χ4n) is 2.90. The van der Waals surface area contributed by atoms with Crippen LogP contribution in [0.25, 0.3) is 0 Å². The van der Waals surface area contributed by atoms with Crippen molar-refractivity contribution in [1.29, 1.82) is 0 Å². The molecule has 2 rings (SSSR count). The summed E-state index contributed by atoms with van der Waals surface area (Å²) in [4.78, 5) is 4.87. The summed E-state index contributed by atoms with van der Waals surface area (Å²) in [5.41, 5.74) is 0.218. The molecule has 18 heavy (non-hydrogen) atoms. The van der Waals surface area contributed by atoms with Gasteiger partial charge in [0.15, 0.2) is 5.82 Å². The molecule has 0 aromatic carbocycles. The molecule has 4 nitrogen and oxygen atoms in total. The molecule has 1 aliphatic heterocycles. The normalized spacial score (nSPS) is 24.7. The van der Waals surface area contributed by atoms with Crippen molar-refractivity contribution < 1.29 is 0 Å². The number of aryl methyl sites for hydroxylation is 1. The Morgan fingerprint density at radius 2 is 2.11 bits per heavy atom. The van der Waals surface area contributed by atoms with E-state index in [9.17, 15) is 0 Å². The van der Waals surface area contributed by atoms with Gasteiger partial charge in [-0.25, -0.2) is 4.98 Å². The van der Waals surface area contributed by atoms with Crippen LogP contribution in [0, 0.1) is 0 Å². The molecule has 2 heterocycles. The molecule has 1 saturated heterocycles. The third-order valence-corrected chi connectivity index (χ3v) is 3.88. The topological polar surface area (TPSA) is 42.7 Å². The minimum atomic E-state index is 0.0233. The Bertz CT molecular complexity index is 408. The molecule has 0 spiro atoms. The third kappa shape index (κ3) is 2.30. The van der Waals surface area contributed by atoms with Crippen molar-refractivity contribution in [1.82, 2.24) is 20.1 Å². The minimum absolute atomic E-state index is 0.0233. The molecule has 102 valence electrons. The maximum atomic E-state index is 4.87. The predicted molar refractivity (Wildman–Crippen MR) is 73.8 cm³/mol. The van der Waals surface area contributed by atoms with Crippen molar-refractivity contribution in [3.05, 3.63) is 11.6 Å². The second kappa shape index (κ2) is 4.65. The van der Waals surface area contributed by atoms with Gasteiger partial charge in [-0.3, -0.25) is 4.68 Å². The quantitative estimate of drug-likeness (QED) is 0.894. The van der Waals surface area contributed by atoms with Crippen LogP contribution in [-0.2, 0) is 17.9 Å². The molecule has 0 aliphatic carbocycles. The van der Waals surface area contributed by atoms with Gasteiger partial charge >= 0.3 is 0 Å². The van der Waals surface area contributed by atoms with E-state index in [0.717, 1.165) is 18.9 Å². The summed E-state index contributed by atoms with van der Waals surface area (Å²) >= 11 is 0. The molecule has 1 fully saturated rings. The molecule has 1 unspecified atom stereocenters. The summed E-state index contributed by atoms with van der Waals surface area (Å²) in [6.07, 6.45) is 3.56. The van der Waals surface area contributed by atoms with Crippen LogP contribution in [0.15, 0.2) is 0 Å². The van der Waals surface area contributed by atoms with Crippen molar-refractivity contribution >= 4 is 0 Å². The molecule has 0 bridgehead atoms. The highest BCUT2D eigenvalue weighted by atomic mass is 15.3. The number of hydrogen-bond donors (Lipinski definition) is 1. The SMILES string of the molecule is CCCC1(c2nc(C(C)(C)C)nn2C)CCNC1. The number of nitrogens with one attached hydrogen (secondary N) is 1. The van der Waals surface area contributed by atoms with E-state index in [1.165, 1.54) is 25.1 Å². The molecule has 1 aromatic heterocycles. The lowest BCUT2D eigenvalue weighted by Gasteiger charge is -2.26. The van der Waals surface area contributed by atoms with Crippen molar-refractivity contribution in [2.24, 2.45) is 7.05 Å². The van der Waals surface area contributed by atoms with Gasteiger partial charge in [0.05, 0.1) is 0 Å². The number of aromatic nitrogens is 3. The van der Waals surface area contributed by atoms with Gasteiger partial charge in [0.1, 0.15) is 5.82 Å². The second-order valence-corrected chi connectivity index (χ2v) is 6.59. The monoisotopic (exact) mass is 250 g/mol. The van der Waals surface area contributed by atoms with Gasteiger partial charge in [-0.1, -0.05) is 34.1 Å². The van der Waals surface area contributed by atoms with Gasteiger partial charge in [-0.05, 0) is 19.4 Å². The zero-order chi connectivity index (χ0) is 13.4. The van der Waals surface area contributed by atoms with Crippen LogP contribution in [0.4, 0.5) is 0 Å². The van der Waals surface area contributed by atoms with Gasteiger partial charge in [0.2, 0.25) is 0 Å². The second-order valence-electron chi connectivity index (χ2n) is 6.59. The molecule has 1 aliphatic rings. The molecular formula is C14H26N4. The van der Waals surface area contributed by atoms with Crippen LogP contribution < -0.4 is 5.32 Å². The van der Waals surface area contributed by atoms with Crippen LogP contribution >= 0.6 is 0 Å². The molecule has 0 saturated carbocycles. The lowest BCUT2D eigenvalue weighted by atomic mass is 9.81. The highest BCUT2D eigenvalue weighted by molar-refractivity contribution is 5.16. The largest absolute Gasteiger partial charge is 0.316 e. The first-order valence-corrected chi connectivity index (χ1v) is 7.02. The molecule has 1 atom stereocenters. The lowest BCUT2D eigenvalue weighted by Crippen LogP contribution is -2.32. The van der Waals surface area contributed by atoms with Gasteiger partial charge in [0.25, 0.3) is 0 Å². The van der Waals surface area contributed by atoms with Crippen molar-refractivity contribution in [2.45, 2.75) is 57.8 Å². The Morgan fingerprint density at radius 3 is 2.56 bits per heavy atom. The zero-order valence-corrected chi connectivity index (χ0v) is 12.4. The summed E-state index contributed by atoms with van der Waals surface area (Å²) < 4.78 is 2.00. The highest BCUT2D eigenvalue weighted by Gasteiger charge is 2.39. The maximum absolute atomic E-state index is 4.87. The third-order valence-electron chi connectivity index (χ3n) is 3.88. The van der Waals surface area contributed by atoms with E-state index in [4.69, 9.17) is 4.98 Å². The summed E-state index contributed by atoms with van der Waals surface area (Å²) in [6, 6.07) is 0. The summed E-state index contributed by atoms with van der Waals surface area (Å²) in [5.74, 6) is 2.13. The molecule has 1 aromatic rings. The van der Waals surface area contributed by atoms with Gasteiger partial charge in [-0.2, -0.15) is 5.10 Å². The number of nitrogens with zero attached hydrogens (tertiary/aromatic N) is 3. The first kappa shape index (κ1) is 13.5. The molecule has 0 radical (unpaired) electrons. The summed E-state index contributed by atoms with van der Waals surface area (Å²) in [6.45, 7) is 10.9. The number of rotatable bonds is 3. The minimum Gasteiger partial charge on any atom is -0.316 e. The highest BCUT2D eigenvalue weighted by Crippen LogP contribution is 2.35. The van der Waals surface area contributed by atoms with Crippen molar-refractivity contribution in [3.8, 4) is 0 Å². The van der Waals surface area contributed by atoms with E-state index in [0.29, 0.717) is 0 Å². The summed E-state index contributed by atoms with van der Waals surface area (Å²) in [7, 11) is 2.04. The standard InChI is InChI=1S/C14H26N4/c1-6-7-14(8-9-15-10-14)12-16-11(13(2,3)4)17-18(12)5/h15H,6-10H2,1-5H3. The fourth-order valence-corrected chi connectivity index (χ4v) is 2.90. The molecule has 4 heteroatoms. The van der Waals surface area contributed by atoms with Gasteiger partial charge in [-0.15, -0.1) is 0 Å². The van der Waals surface area contributed by atoms with E-state index in [1.807, 2.05) is 11.7 Å².